The van der Waals surface area contributed by atoms with E-state index in [1.54, 1.807) is 12.4 Å². The maximum absolute atomic E-state index is 10.6. The van der Waals surface area contributed by atoms with Crippen LogP contribution in [0.5, 0.6) is 0 Å². The Bertz CT molecular complexity index is 492. The number of aromatic nitrogens is 1. The third-order valence-corrected chi connectivity index (χ3v) is 2.35. The van der Waals surface area contributed by atoms with Crippen molar-refractivity contribution >= 4 is 6.29 Å². The normalized spacial score (nSPS) is 9.12. The van der Waals surface area contributed by atoms with Gasteiger partial charge in [0.1, 0.15) is 0 Å². The van der Waals surface area contributed by atoms with Crippen molar-refractivity contribution in [2.45, 2.75) is 20.8 Å². The molecule has 0 bridgehead atoms. The fourth-order valence-corrected chi connectivity index (χ4v) is 1.57. The zero-order chi connectivity index (χ0) is 12.7. The summed E-state index contributed by atoms with van der Waals surface area (Å²) in [5.74, 6) is 0. The smallest absolute Gasteiger partial charge is 0.151 e. The summed E-state index contributed by atoms with van der Waals surface area (Å²) in [5, 5.41) is 0. The molecule has 0 aliphatic carbocycles. The van der Waals surface area contributed by atoms with Crippen molar-refractivity contribution in [3.63, 3.8) is 0 Å². The second kappa shape index (κ2) is 6.59. The molecule has 0 amide bonds. The van der Waals surface area contributed by atoms with Crippen LogP contribution in [0.3, 0.4) is 0 Å². The molecule has 1 heterocycles. The lowest BCUT2D eigenvalue weighted by Gasteiger charge is -2.04. The zero-order valence-corrected chi connectivity index (χ0v) is 10.5. The van der Waals surface area contributed by atoms with E-state index in [4.69, 9.17) is 0 Å². The summed E-state index contributed by atoms with van der Waals surface area (Å²) in [6, 6.07) is 9.90. The number of nitrogens with zero attached hydrogens (tertiary/aromatic N) is 1. The molecule has 0 atom stereocenters. The van der Waals surface area contributed by atoms with Gasteiger partial charge in [-0.1, -0.05) is 38.1 Å². The summed E-state index contributed by atoms with van der Waals surface area (Å²) in [5.41, 5.74) is 3.89. The van der Waals surface area contributed by atoms with Crippen LogP contribution in [-0.4, -0.2) is 11.3 Å². The Morgan fingerprint density at radius 1 is 1.12 bits per heavy atom. The van der Waals surface area contributed by atoms with Gasteiger partial charge in [-0.05, 0) is 24.1 Å². The molecule has 2 rings (SSSR count). The maximum atomic E-state index is 10.6. The van der Waals surface area contributed by atoms with Gasteiger partial charge in [0.2, 0.25) is 0 Å². The Hall–Kier alpha value is -1.96. The lowest BCUT2D eigenvalue weighted by Crippen LogP contribution is -1.87. The molecule has 2 aromatic rings. The molecule has 17 heavy (non-hydrogen) atoms. The van der Waals surface area contributed by atoms with E-state index in [9.17, 15) is 4.79 Å². The minimum absolute atomic E-state index is 0.607. The first kappa shape index (κ1) is 13.1. The van der Waals surface area contributed by atoms with Crippen molar-refractivity contribution in [2.24, 2.45) is 0 Å². The molecule has 2 nitrogen and oxygen atoms in total. The van der Waals surface area contributed by atoms with Gasteiger partial charge in [0.15, 0.2) is 6.29 Å². The molecule has 0 aliphatic rings. The quantitative estimate of drug-likeness (QED) is 0.728. The Balaban J connectivity index is 0.000000686. The van der Waals surface area contributed by atoms with E-state index in [-0.39, 0.29) is 0 Å². The molecule has 0 unspecified atom stereocenters. The Morgan fingerprint density at radius 3 is 2.47 bits per heavy atom. The van der Waals surface area contributed by atoms with Gasteiger partial charge in [-0.25, -0.2) is 0 Å². The molecule has 0 saturated carbocycles. The number of pyridine rings is 1. The Kier molecular flexibility index (Phi) is 5.08. The minimum atomic E-state index is 0.607. The fourth-order valence-electron chi connectivity index (χ4n) is 1.57. The monoisotopic (exact) mass is 227 g/mol. The summed E-state index contributed by atoms with van der Waals surface area (Å²) in [6.07, 6.45) is 4.15. The van der Waals surface area contributed by atoms with E-state index < -0.39 is 0 Å². The van der Waals surface area contributed by atoms with E-state index in [2.05, 4.69) is 4.98 Å². The van der Waals surface area contributed by atoms with Crippen LogP contribution in [0.15, 0.2) is 42.7 Å². The first-order chi connectivity index (χ1) is 8.31. The zero-order valence-electron chi connectivity index (χ0n) is 10.5. The van der Waals surface area contributed by atoms with Gasteiger partial charge in [-0.2, -0.15) is 0 Å². The molecule has 0 radical (unpaired) electrons. The molecule has 1 aromatic carbocycles. The number of hydrogen-bond acceptors (Lipinski definition) is 2. The largest absolute Gasteiger partial charge is 0.298 e. The number of aldehydes is 1. The second-order valence-electron chi connectivity index (χ2n) is 3.44. The van der Waals surface area contributed by atoms with Crippen LogP contribution in [0, 0.1) is 6.92 Å². The molecular weight excluding hydrogens is 210 g/mol. The average molecular weight is 227 g/mol. The number of aryl methyl sites for hydroxylation is 1. The molecular formula is C15H17NO. The van der Waals surface area contributed by atoms with E-state index in [1.807, 2.05) is 51.1 Å². The highest BCUT2D eigenvalue weighted by Gasteiger charge is 2.01. The van der Waals surface area contributed by atoms with Crippen LogP contribution in [0.2, 0.25) is 0 Å². The molecule has 1 aromatic heterocycles. The Labute approximate surface area is 102 Å². The number of hydrogen-bond donors (Lipinski definition) is 0. The summed E-state index contributed by atoms with van der Waals surface area (Å²) in [7, 11) is 0. The maximum Gasteiger partial charge on any atom is 0.151 e. The predicted molar refractivity (Wildman–Crippen MR) is 71.1 cm³/mol. The van der Waals surface area contributed by atoms with E-state index in [0.29, 0.717) is 5.56 Å². The van der Waals surface area contributed by atoms with Crippen LogP contribution in [0.25, 0.3) is 11.1 Å². The third-order valence-electron chi connectivity index (χ3n) is 2.35. The number of carbonyl (C=O) groups excluding carboxylic acids is 1. The van der Waals surface area contributed by atoms with Gasteiger partial charge in [0.05, 0.1) is 0 Å². The lowest BCUT2D eigenvalue weighted by molar-refractivity contribution is 0.112. The minimum Gasteiger partial charge on any atom is -0.298 e. The van der Waals surface area contributed by atoms with Crippen LogP contribution in [-0.2, 0) is 0 Å². The molecule has 0 saturated heterocycles. The highest BCUT2D eigenvalue weighted by Crippen LogP contribution is 2.22. The first-order valence-electron chi connectivity index (χ1n) is 5.77. The van der Waals surface area contributed by atoms with Crippen LogP contribution >= 0.6 is 0 Å². The van der Waals surface area contributed by atoms with E-state index in [0.717, 1.165) is 17.4 Å². The summed E-state index contributed by atoms with van der Waals surface area (Å²) in [4.78, 5) is 14.7. The number of rotatable bonds is 2. The number of carbonyl (C=O) groups is 1. The molecule has 0 aliphatic heterocycles. The highest BCUT2D eigenvalue weighted by atomic mass is 16.1. The molecule has 0 N–H and O–H groups in total. The van der Waals surface area contributed by atoms with Gasteiger partial charge >= 0.3 is 0 Å². The van der Waals surface area contributed by atoms with Crippen molar-refractivity contribution in [1.82, 2.24) is 4.98 Å². The predicted octanol–water partition coefficient (Wildman–Crippen LogP) is 3.90. The van der Waals surface area contributed by atoms with E-state index in [1.165, 1.54) is 5.56 Å². The summed E-state index contributed by atoms with van der Waals surface area (Å²) in [6.45, 7) is 6.04. The molecule has 2 heteroatoms. The average Bonchev–Trinajstić information content (AvgIpc) is 2.42. The van der Waals surface area contributed by atoms with Crippen LogP contribution in [0.1, 0.15) is 29.8 Å². The molecule has 0 spiro atoms. The second-order valence-corrected chi connectivity index (χ2v) is 3.44. The standard InChI is InChI=1S/C13H11NO.C2H6/c1-10-4-2-3-5-13(10)12-6-11(9-15)7-14-8-12;1-2/h2-9H,1H3;1-2H3. The van der Waals surface area contributed by atoms with Crippen LogP contribution < -0.4 is 0 Å². The van der Waals surface area contributed by atoms with Gasteiger partial charge in [-0.3, -0.25) is 9.78 Å². The third kappa shape index (κ3) is 3.25. The lowest BCUT2D eigenvalue weighted by atomic mass is 10.0. The Morgan fingerprint density at radius 2 is 1.82 bits per heavy atom. The fraction of sp³-hybridized carbons (Fsp3) is 0.200. The molecule has 88 valence electrons. The van der Waals surface area contributed by atoms with Crippen molar-refractivity contribution in [2.75, 3.05) is 0 Å². The molecule has 0 fully saturated rings. The number of benzene rings is 1. The van der Waals surface area contributed by atoms with Crippen molar-refractivity contribution in [3.8, 4) is 11.1 Å². The van der Waals surface area contributed by atoms with Gasteiger partial charge in [0, 0.05) is 23.5 Å². The van der Waals surface area contributed by atoms with Crippen molar-refractivity contribution < 1.29 is 4.79 Å². The van der Waals surface area contributed by atoms with Crippen molar-refractivity contribution in [1.29, 1.82) is 0 Å². The van der Waals surface area contributed by atoms with Crippen molar-refractivity contribution in [3.05, 3.63) is 53.9 Å². The van der Waals surface area contributed by atoms with Crippen LogP contribution in [0.4, 0.5) is 0 Å². The first-order valence-corrected chi connectivity index (χ1v) is 5.77. The SMILES string of the molecule is CC.Cc1ccccc1-c1cncc(C=O)c1. The van der Waals surface area contributed by atoms with E-state index >= 15 is 0 Å². The van der Waals surface area contributed by atoms with Gasteiger partial charge in [-0.15, -0.1) is 0 Å². The highest BCUT2D eigenvalue weighted by molar-refractivity contribution is 5.78. The van der Waals surface area contributed by atoms with Gasteiger partial charge in [0.25, 0.3) is 0 Å². The van der Waals surface area contributed by atoms with Gasteiger partial charge < -0.3 is 0 Å². The summed E-state index contributed by atoms with van der Waals surface area (Å²) >= 11 is 0. The summed E-state index contributed by atoms with van der Waals surface area (Å²) < 4.78 is 0. The topological polar surface area (TPSA) is 30.0 Å².